The molecule has 0 aliphatic carbocycles. The number of rotatable bonds is 6. The van der Waals surface area contributed by atoms with Crippen LogP contribution in [0.2, 0.25) is 0 Å². The molecule has 0 aliphatic heterocycles. The van der Waals surface area contributed by atoms with Gasteiger partial charge in [-0.25, -0.2) is 9.78 Å². The standard InChI is InChI=1S/C17H19N5O2S/c1-3-7-13-10-18-17(25-13)21-16(23)19-11(2)14-20-15(24-22-14)12-8-5-4-6-9-12/h4-6,8-11H,3,7H2,1-2H3,(H2,18,19,21,23). The molecule has 3 aromatic rings. The fourth-order valence-electron chi connectivity index (χ4n) is 2.23. The van der Waals surface area contributed by atoms with Crippen molar-refractivity contribution in [1.29, 1.82) is 0 Å². The molecule has 8 heteroatoms. The number of aryl methyl sites for hydroxylation is 1. The Bertz CT molecular complexity index is 830. The largest absolute Gasteiger partial charge is 0.334 e. The van der Waals surface area contributed by atoms with E-state index in [2.05, 4.69) is 32.7 Å². The highest BCUT2D eigenvalue weighted by atomic mass is 32.1. The maximum atomic E-state index is 12.1. The highest BCUT2D eigenvalue weighted by Gasteiger charge is 2.17. The molecule has 7 nitrogen and oxygen atoms in total. The molecule has 0 saturated carbocycles. The Hall–Kier alpha value is -2.74. The number of hydrogen-bond donors (Lipinski definition) is 2. The molecule has 0 radical (unpaired) electrons. The second-order valence-electron chi connectivity index (χ2n) is 5.53. The first-order chi connectivity index (χ1) is 12.2. The Morgan fingerprint density at radius 1 is 1.32 bits per heavy atom. The van der Waals surface area contributed by atoms with E-state index in [0.717, 1.165) is 23.3 Å². The second-order valence-corrected chi connectivity index (χ2v) is 6.64. The summed E-state index contributed by atoms with van der Waals surface area (Å²) in [5.74, 6) is 0.841. The third kappa shape index (κ3) is 4.42. The summed E-state index contributed by atoms with van der Waals surface area (Å²) in [5, 5.41) is 10.0. The number of nitrogens with zero attached hydrogens (tertiary/aromatic N) is 3. The fraction of sp³-hybridized carbons (Fsp3) is 0.294. The molecule has 2 heterocycles. The summed E-state index contributed by atoms with van der Waals surface area (Å²) in [7, 11) is 0. The molecule has 25 heavy (non-hydrogen) atoms. The van der Waals surface area contributed by atoms with Gasteiger partial charge in [0.15, 0.2) is 11.0 Å². The van der Waals surface area contributed by atoms with Crippen LogP contribution in [0, 0.1) is 0 Å². The number of thiazole rings is 1. The highest BCUT2D eigenvalue weighted by molar-refractivity contribution is 7.15. The van der Waals surface area contributed by atoms with Crippen LogP contribution in [0.5, 0.6) is 0 Å². The van der Waals surface area contributed by atoms with E-state index in [-0.39, 0.29) is 6.03 Å². The van der Waals surface area contributed by atoms with Crippen LogP contribution < -0.4 is 10.6 Å². The topological polar surface area (TPSA) is 92.9 Å². The zero-order valence-electron chi connectivity index (χ0n) is 14.0. The van der Waals surface area contributed by atoms with E-state index in [4.69, 9.17) is 4.52 Å². The van der Waals surface area contributed by atoms with Crippen LogP contribution in [0.3, 0.4) is 0 Å². The number of hydrogen-bond acceptors (Lipinski definition) is 6. The molecule has 130 valence electrons. The van der Waals surface area contributed by atoms with Crippen molar-refractivity contribution in [3.8, 4) is 11.5 Å². The first-order valence-electron chi connectivity index (χ1n) is 8.07. The number of nitrogens with one attached hydrogen (secondary N) is 2. The Kier molecular flexibility index (Phi) is 5.39. The van der Waals surface area contributed by atoms with Gasteiger partial charge in [0.05, 0.1) is 6.04 Å². The predicted octanol–water partition coefficient (Wildman–Crippen LogP) is 4.03. The van der Waals surface area contributed by atoms with Crippen LogP contribution in [0.4, 0.5) is 9.93 Å². The van der Waals surface area contributed by atoms with Crippen LogP contribution in [0.1, 0.15) is 37.0 Å². The molecular weight excluding hydrogens is 338 g/mol. The van der Waals surface area contributed by atoms with Gasteiger partial charge < -0.3 is 9.84 Å². The van der Waals surface area contributed by atoms with Crippen molar-refractivity contribution in [3.05, 3.63) is 47.2 Å². The predicted molar refractivity (Wildman–Crippen MR) is 96.4 cm³/mol. The van der Waals surface area contributed by atoms with Gasteiger partial charge in [-0.3, -0.25) is 5.32 Å². The lowest BCUT2D eigenvalue weighted by Gasteiger charge is -2.09. The normalized spacial score (nSPS) is 11.9. The van der Waals surface area contributed by atoms with Gasteiger partial charge in [0.1, 0.15) is 0 Å². The average molecular weight is 357 g/mol. The summed E-state index contributed by atoms with van der Waals surface area (Å²) in [6.07, 6.45) is 3.80. The molecular formula is C17H19N5O2S. The summed E-state index contributed by atoms with van der Waals surface area (Å²) < 4.78 is 5.26. The third-order valence-electron chi connectivity index (χ3n) is 3.47. The average Bonchev–Trinajstić information content (AvgIpc) is 3.26. The SMILES string of the molecule is CCCc1cnc(NC(=O)NC(C)c2noc(-c3ccccc3)n2)s1. The van der Waals surface area contributed by atoms with Gasteiger partial charge in [-0.05, 0) is 25.5 Å². The maximum absolute atomic E-state index is 12.1. The van der Waals surface area contributed by atoms with E-state index in [1.165, 1.54) is 11.3 Å². The van der Waals surface area contributed by atoms with Gasteiger partial charge >= 0.3 is 6.03 Å². The van der Waals surface area contributed by atoms with Gasteiger partial charge in [-0.2, -0.15) is 4.98 Å². The molecule has 2 aromatic heterocycles. The molecule has 0 saturated heterocycles. The summed E-state index contributed by atoms with van der Waals surface area (Å²) in [6.45, 7) is 3.90. The summed E-state index contributed by atoms with van der Waals surface area (Å²) in [6, 6.07) is 8.74. The van der Waals surface area contributed by atoms with E-state index in [1.807, 2.05) is 30.3 Å². The Balaban J connectivity index is 1.59. The van der Waals surface area contributed by atoms with Crippen LogP contribution in [0.15, 0.2) is 41.1 Å². The number of urea groups is 1. The van der Waals surface area contributed by atoms with Crippen LogP contribution in [0.25, 0.3) is 11.5 Å². The third-order valence-corrected chi connectivity index (χ3v) is 4.44. The fourth-order valence-corrected chi connectivity index (χ4v) is 3.14. The lowest BCUT2D eigenvalue weighted by atomic mass is 10.2. The van der Waals surface area contributed by atoms with E-state index < -0.39 is 6.04 Å². The lowest BCUT2D eigenvalue weighted by molar-refractivity contribution is 0.248. The van der Waals surface area contributed by atoms with Crippen molar-refractivity contribution in [3.63, 3.8) is 0 Å². The minimum atomic E-state index is -0.392. The summed E-state index contributed by atoms with van der Waals surface area (Å²) in [5.41, 5.74) is 0.837. The van der Waals surface area contributed by atoms with Crippen molar-refractivity contribution in [2.45, 2.75) is 32.7 Å². The van der Waals surface area contributed by atoms with Crippen molar-refractivity contribution >= 4 is 22.5 Å². The minimum absolute atomic E-state index is 0.351. The van der Waals surface area contributed by atoms with Crippen molar-refractivity contribution < 1.29 is 9.32 Å². The molecule has 0 spiro atoms. The number of anilines is 1. The zero-order chi connectivity index (χ0) is 17.6. The van der Waals surface area contributed by atoms with Crippen LogP contribution >= 0.6 is 11.3 Å². The molecule has 1 aromatic carbocycles. The molecule has 1 unspecified atom stereocenters. The lowest BCUT2D eigenvalue weighted by Crippen LogP contribution is -2.31. The van der Waals surface area contributed by atoms with E-state index in [9.17, 15) is 4.79 Å². The van der Waals surface area contributed by atoms with Crippen molar-refractivity contribution in [2.24, 2.45) is 0 Å². The Labute approximate surface area is 149 Å². The Morgan fingerprint density at radius 3 is 2.88 bits per heavy atom. The Morgan fingerprint density at radius 2 is 2.12 bits per heavy atom. The maximum Gasteiger partial charge on any atom is 0.321 e. The molecule has 0 bridgehead atoms. The van der Waals surface area contributed by atoms with Crippen LogP contribution in [-0.4, -0.2) is 21.2 Å². The molecule has 2 N–H and O–H groups in total. The van der Waals surface area contributed by atoms with Gasteiger partial charge in [0.2, 0.25) is 0 Å². The number of aromatic nitrogens is 3. The van der Waals surface area contributed by atoms with Crippen LogP contribution in [-0.2, 0) is 6.42 Å². The van der Waals surface area contributed by atoms with E-state index in [0.29, 0.717) is 16.8 Å². The quantitative estimate of drug-likeness (QED) is 0.695. The molecule has 1 atom stereocenters. The van der Waals surface area contributed by atoms with Crippen molar-refractivity contribution in [2.75, 3.05) is 5.32 Å². The first-order valence-corrected chi connectivity index (χ1v) is 8.88. The summed E-state index contributed by atoms with van der Waals surface area (Å²) >= 11 is 1.48. The van der Waals surface area contributed by atoms with Gasteiger partial charge in [0, 0.05) is 16.6 Å². The number of benzene rings is 1. The smallest absolute Gasteiger partial charge is 0.321 e. The number of carbonyl (C=O) groups is 1. The van der Waals surface area contributed by atoms with E-state index in [1.54, 1.807) is 13.1 Å². The molecule has 0 aliphatic rings. The van der Waals surface area contributed by atoms with Gasteiger partial charge in [-0.1, -0.05) is 36.7 Å². The van der Waals surface area contributed by atoms with E-state index >= 15 is 0 Å². The molecule has 2 amide bonds. The zero-order valence-corrected chi connectivity index (χ0v) is 14.8. The second kappa shape index (κ2) is 7.89. The van der Waals surface area contributed by atoms with Crippen molar-refractivity contribution in [1.82, 2.24) is 20.4 Å². The number of amides is 2. The monoisotopic (exact) mass is 357 g/mol. The van der Waals surface area contributed by atoms with Gasteiger partial charge in [0.25, 0.3) is 5.89 Å². The molecule has 3 rings (SSSR count). The molecule has 0 fully saturated rings. The number of carbonyl (C=O) groups excluding carboxylic acids is 1. The van der Waals surface area contributed by atoms with Gasteiger partial charge in [-0.15, -0.1) is 11.3 Å². The minimum Gasteiger partial charge on any atom is -0.334 e. The highest BCUT2D eigenvalue weighted by Crippen LogP contribution is 2.20. The first kappa shape index (κ1) is 17.1. The summed E-state index contributed by atoms with van der Waals surface area (Å²) in [4.78, 5) is 21.8.